The predicted octanol–water partition coefficient (Wildman–Crippen LogP) is 3.86. The number of benzene rings is 1. The van der Waals surface area contributed by atoms with Gasteiger partial charge < -0.3 is 15.2 Å². The summed E-state index contributed by atoms with van der Waals surface area (Å²) in [4.78, 5) is 32.3. The summed E-state index contributed by atoms with van der Waals surface area (Å²) in [5, 5.41) is 0.858. The third-order valence-electron chi connectivity index (χ3n) is 7.07. The maximum Gasteiger partial charge on any atom is 0.257 e. The van der Waals surface area contributed by atoms with Crippen molar-refractivity contribution in [1.82, 2.24) is 23.9 Å². The maximum absolute atomic E-state index is 12.8. The van der Waals surface area contributed by atoms with Crippen molar-refractivity contribution in [2.45, 2.75) is 19.4 Å². The highest BCUT2D eigenvalue weighted by Gasteiger charge is 2.23. The van der Waals surface area contributed by atoms with Crippen LogP contribution in [0.15, 0.2) is 71.8 Å². The Morgan fingerprint density at radius 2 is 1.95 bits per heavy atom. The molecule has 4 aromatic rings. The molecule has 4 heterocycles. The van der Waals surface area contributed by atoms with Gasteiger partial charge in [-0.1, -0.05) is 18.2 Å². The molecule has 8 nitrogen and oxygen atoms in total. The summed E-state index contributed by atoms with van der Waals surface area (Å²) in [5.41, 5.74) is 10.5. The zero-order chi connectivity index (χ0) is 31.3. The Balaban J connectivity index is 1.35. The topological polar surface area (TPSA) is 89.4 Å². The second kappa shape index (κ2) is 9.71. The van der Waals surface area contributed by atoms with Crippen molar-refractivity contribution in [2.75, 3.05) is 32.8 Å². The highest BCUT2D eigenvalue weighted by atomic mass is 16.2. The zero-order valence-corrected chi connectivity index (χ0v) is 20.7. The van der Waals surface area contributed by atoms with Gasteiger partial charge in [0.2, 0.25) is 0 Å². The molecule has 37 heavy (non-hydrogen) atoms. The minimum Gasteiger partial charge on any atom is -0.399 e. The van der Waals surface area contributed by atoms with Crippen molar-refractivity contribution in [3.63, 3.8) is 0 Å². The monoisotopic (exact) mass is 502 g/mol. The number of nitrogen functional groups attached to an aromatic ring is 1. The molecule has 0 aliphatic carbocycles. The van der Waals surface area contributed by atoms with Crippen molar-refractivity contribution in [2.24, 2.45) is 7.05 Å². The second-order valence-electron chi connectivity index (χ2n) is 9.23. The molecule has 0 saturated heterocycles. The van der Waals surface area contributed by atoms with Crippen LogP contribution in [0.3, 0.4) is 0 Å². The van der Waals surface area contributed by atoms with Crippen LogP contribution in [0.2, 0.25) is 0 Å². The highest BCUT2D eigenvalue weighted by molar-refractivity contribution is 5.94. The fourth-order valence-corrected chi connectivity index (χ4v) is 4.97. The number of amides is 1. The number of hydrogen-bond donors (Lipinski definition) is 1. The highest BCUT2D eigenvalue weighted by Crippen LogP contribution is 2.32. The van der Waals surface area contributed by atoms with Crippen LogP contribution in [0.4, 0.5) is 5.69 Å². The van der Waals surface area contributed by atoms with Gasteiger partial charge in [0.05, 0.1) is 5.69 Å². The molecule has 5 rings (SSSR count). The van der Waals surface area contributed by atoms with Crippen molar-refractivity contribution < 1.29 is 13.0 Å². The van der Waals surface area contributed by atoms with Crippen LogP contribution in [0.1, 0.15) is 49.2 Å². The normalized spacial score (nSPS) is 18.1. The Hall–Kier alpha value is -4.17. The van der Waals surface area contributed by atoms with Gasteiger partial charge >= 0.3 is 0 Å². The molecule has 0 radical (unpaired) electrons. The van der Waals surface area contributed by atoms with Gasteiger partial charge in [0.25, 0.3) is 11.5 Å². The van der Waals surface area contributed by atoms with Gasteiger partial charge in [0, 0.05) is 89.1 Å². The SMILES string of the molecule is [2H]C([2H])([2H])N(C(=O)c1ccc(C2=CCN([C@@H](C)c3cc4c(-n5ccc(N)cc5=O)ccnc4n3C)CC2)cc1)C([2H])([2H])[2H]. The predicted molar refractivity (Wildman–Crippen MR) is 148 cm³/mol. The first kappa shape index (κ1) is 18.1. The van der Waals surface area contributed by atoms with E-state index in [4.69, 9.17) is 14.0 Å². The molecule has 0 unspecified atom stereocenters. The first-order valence-corrected chi connectivity index (χ1v) is 12.0. The Labute approximate surface area is 224 Å². The van der Waals surface area contributed by atoms with E-state index < -0.39 is 19.9 Å². The number of hydrogen-bond acceptors (Lipinski definition) is 5. The van der Waals surface area contributed by atoms with Crippen LogP contribution in [0.25, 0.3) is 22.3 Å². The van der Waals surface area contributed by atoms with Gasteiger partial charge in [0.1, 0.15) is 5.65 Å². The Morgan fingerprint density at radius 1 is 1.16 bits per heavy atom. The molecule has 1 aliphatic rings. The zero-order valence-electron chi connectivity index (χ0n) is 26.7. The molecule has 0 spiro atoms. The van der Waals surface area contributed by atoms with E-state index in [-0.39, 0.29) is 22.1 Å². The molecular weight excluding hydrogens is 464 g/mol. The standard InChI is InChI=1S/C29H32N6O2/c1-19(34-14-10-21(11-15-34)20-5-7-22(8-6-20)29(37)32(2)3)26-18-24-25(9-13-31-28(24)33(26)4)35-16-12-23(30)17-27(35)36/h5-10,12-13,16-19H,11,14-15,30H2,1-4H3/t19-/m0/s1/i2D3,3D3. The molecular formula is C29H32N6O2. The second-order valence-corrected chi connectivity index (χ2v) is 9.23. The summed E-state index contributed by atoms with van der Waals surface area (Å²) in [5.74, 6) is -1.07. The van der Waals surface area contributed by atoms with E-state index in [1.165, 1.54) is 18.2 Å². The van der Waals surface area contributed by atoms with Crippen LogP contribution >= 0.6 is 0 Å². The number of rotatable bonds is 5. The number of pyridine rings is 2. The molecule has 1 atom stereocenters. The first-order chi connectivity index (χ1) is 20.2. The molecule has 190 valence electrons. The summed E-state index contributed by atoms with van der Waals surface area (Å²) >= 11 is 0. The average molecular weight is 503 g/mol. The number of aryl methyl sites for hydroxylation is 1. The van der Waals surface area contributed by atoms with Gasteiger partial charge in [-0.2, -0.15) is 0 Å². The lowest BCUT2D eigenvalue weighted by atomic mass is 9.97. The Bertz CT molecular complexity index is 1760. The minimum absolute atomic E-state index is 0.00681. The van der Waals surface area contributed by atoms with E-state index in [9.17, 15) is 9.59 Å². The first-order valence-electron chi connectivity index (χ1n) is 15.0. The van der Waals surface area contributed by atoms with E-state index in [0.29, 0.717) is 12.2 Å². The van der Waals surface area contributed by atoms with Gasteiger partial charge in [-0.3, -0.25) is 19.1 Å². The van der Waals surface area contributed by atoms with Gasteiger partial charge in [0.15, 0.2) is 0 Å². The molecule has 8 heteroatoms. The fourth-order valence-electron chi connectivity index (χ4n) is 4.97. The quantitative estimate of drug-likeness (QED) is 0.448. The average Bonchev–Trinajstić information content (AvgIpc) is 3.28. The largest absolute Gasteiger partial charge is 0.399 e. The van der Waals surface area contributed by atoms with Crippen molar-refractivity contribution in [3.05, 3.63) is 94.2 Å². The van der Waals surface area contributed by atoms with Crippen molar-refractivity contribution in [1.29, 1.82) is 0 Å². The summed E-state index contributed by atoms with van der Waals surface area (Å²) in [6.45, 7) is -2.63. The van der Waals surface area contributed by atoms with E-state index in [2.05, 4.69) is 29.0 Å². The smallest absolute Gasteiger partial charge is 0.257 e. The van der Waals surface area contributed by atoms with Crippen molar-refractivity contribution >= 4 is 28.2 Å². The molecule has 3 aromatic heterocycles. The third kappa shape index (κ3) is 4.56. The summed E-state index contributed by atoms with van der Waals surface area (Å²) in [6, 6.07) is 13.4. The van der Waals surface area contributed by atoms with Gasteiger partial charge in [-0.05, 0) is 54.8 Å². The molecule has 1 aromatic carbocycles. The number of nitrogens with two attached hydrogens (primary N) is 1. The van der Waals surface area contributed by atoms with E-state index in [1.807, 2.05) is 17.7 Å². The Kier molecular flexibility index (Phi) is 4.76. The maximum atomic E-state index is 12.8. The van der Waals surface area contributed by atoms with E-state index >= 15 is 0 Å². The van der Waals surface area contributed by atoms with Crippen LogP contribution < -0.4 is 11.3 Å². The number of aromatic nitrogens is 3. The number of carbonyl (C=O) groups excluding carboxylic acids is 1. The lowest BCUT2D eigenvalue weighted by Gasteiger charge is -2.32. The Morgan fingerprint density at radius 3 is 2.62 bits per heavy atom. The number of fused-ring (bicyclic) bond motifs is 1. The van der Waals surface area contributed by atoms with Crippen LogP contribution in [-0.2, 0) is 7.05 Å². The third-order valence-corrected chi connectivity index (χ3v) is 7.07. The van der Waals surface area contributed by atoms with E-state index in [1.54, 1.807) is 35.2 Å². The van der Waals surface area contributed by atoms with Gasteiger partial charge in [-0.15, -0.1) is 0 Å². The van der Waals surface area contributed by atoms with Crippen molar-refractivity contribution in [3.8, 4) is 5.69 Å². The summed E-state index contributed by atoms with van der Waals surface area (Å²) in [7, 11) is 1.96. The molecule has 0 bridgehead atoms. The number of carbonyl (C=O) groups is 1. The van der Waals surface area contributed by atoms with Gasteiger partial charge in [-0.25, -0.2) is 4.98 Å². The van der Waals surface area contributed by atoms with Crippen LogP contribution in [0.5, 0.6) is 0 Å². The lowest BCUT2D eigenvalue weighted by Crippen LogP contribution is -2.32. The molecule has 0 fully saturated rings. The molecule has 0 saturated carbocycles. The fraction of sp³-hybridized carbons (Fsp3) is 0.276. The number of anilines is 1. The molecule has 2 N–H and O–H groups in total. The summed E-state index contributed by atoms with van der Waals surface area (Å²) in [6.07, 6.45) is 6.21. The number of nitrogens with zero attached hydrogens (tertiary/aromatic N) is 5. The summed E-state index contributed by atoms with van der Waals surface area (Å²) < 4.78 is 48.6. The van der Waals surface area contributed by atoms with Crippen LogP contribution in [0, 0.1) is 0 Å². The molecule has 1 amide bonds. The minimum atomic E-state index is -3.09. The van der Waals surface area contributed by atoms with E-state index in [0.717, 1.165) is 46.5 Å². The molecule has 1 aliphatic heterocycles. The van der Waals surface area contributed by atoms with Crippen LogP contribution in [-0.4, -0.2) is 56.9 Å². The lowest BCUT2D eigenvalue weighted by molar-refractivity contribution is 0.0827.